The van der Waals surface area contributed by atoms with E-state index in [4.69, 9.17) is 10.7 Å². The van der Waals surface area contributed by atoms with Crippen molar-refractivity contribution in [2.75, 3.05) is 5.32 Å². The molecule has 3 heterocycles. The molecule has 3 aromatic heterocycles. The first kappa shape index (κ1) is 23.4. The molecule has 0 saturated heterocycles. The molecule has 2 aromatic carbocycles. The van der Waals surface area contributed by atoms with Gasteiger partial charge in [0.1, 0.15) is 5.00 Å². The zero-order chi connectivity index (χ0) is 25.4. The van der Waals surface area contributed by atoms with Crippen LogP contribution in [0.1, 0.15) is 37.4 Å². The molecule has 0 bridgehead atoms. The summed E-state index contributed by atoms with van der Waals surface area (Å²) in [6.07, 6.45) is 3.40. The number of hydrogen-bond donors (Lipinski definition) is 2. The summed E-state index contributed by atoms with van der Waals surface area (Å²) in [7, 11) is 0. The molecule has 2 amide bonds. The van der Waals surface area contributed by atoms with Crippen molar-refractivity contribution < 1.29 is 9.59 Å². The molecule has 0 aliphatic carbocycles. The molecule has 5 aromatic rings. The van der Waals surface area contributed by atoms with Crippen LogP contribution in [0.2, 0.25) is 0 Å². The average molecular weight is 493 g/mol. The summed E-state index contributed by atoms with van der Waals surface area (Å²) >= 11 is 1.28. The van der Waals surface area contributed by atoms with Gasteiger partial charge in [-0.15, -0.1) is 11.3 Å². The van der Waals surface area contributed by atoms with E-state index in [0.717, 1.165) is 33.2 Å². The Bertz CT molecular complexity index is 1640. The van der Waals surface area contributed by atoms with Crippen LogP contribution in [0.3, 0.4) is 0 Å². The summed E-state index contributed by atoms with van der Waals surface area (Å²) in [6, 6.07) is 17.3. The van der Waals surface area contributed by atoms with Gasteiger partial charge in [-0.25, -0.2) is 4.98 Å². The number of aryl methyl sites for hydroxylation is 3. The van der Waals surface area contributed by atoms with Crippen molar-refractivity contribution in [3.63, 3.8) is 0 Å². The molecule has 0 spiro atoms. The topological polar surface area (TPSA) is 98.0 Å². The molecular formula is C29H24N4O2S. The molecule has 7 heteroatoms. The molecular weight excluding hydrogens is 468 g/mol. The van der Waals surface area contributed by atoms with Gasteiger partial charge in [-0.3, -0.25) is 14.6 Å². The number of pyridine rings is 2. The van der Waals surface area contributed by atoms with Crippen LogP contribution in [0.15, 0.2) is 72.4 Å². The maximum Gasteiger partial charge on any atom is 0.257 e. The van der Waals surface area contributed by atoms with Gasteiger partial charge in [-0.1, -0.05) is 29.8 Å². The fourth-order valence-electron chi connectivity index (χ4n) is 4.18. The van der Waals surface area contributed by atoms with Gasteiger partial charge in [0.05, 0.1) is 22.3 Å². The second kappa shape index (κ2) is 9.36. The number of aromatic nitrogens is 2. The summed E-state index contributed by atoms with van der Waals surface area (Å²) in [6.45, 7) is 6.03. The van der Waals surface area contributed by atoms with Crippen LogP contribution in [-0.2, 0) is 0 Å². The van der Waals surface area contributed by atoms with Crippen LogP contribution >= 0.6 is 11.3 Å². The van der Waals surface area contributed by atoms with Crippen LogP contribution in [0.25, 0.3) is 33.3 Å². The molecule has 0 unspecified atom stereocenters. The summed E-state index contributed by atoms with van der Waals surface area (Å²) in [5.74, 6) is -0.930. The third-order valence-corrected chi connectivity index (χ3v) is 7.14. The molecule has 0 saturated carbocycles. The third-order valence-electron chi connectivity index (χ3n) is 6.25. The molecule has 36 heavy (non-hydrogen) atoms. The maximum atomic E-state index is 13.6. The molecule has 0 aliphatic heterocycles. The number of nitrogens with two attached hydrogens (primary N) is 1. The highest BCUT2D eigenvalue weighted by Crippen LogP contribution is 2.37. The van der Waals surface area contributed by atoms with Crippen LogP contribution < -0.4 is 11.1 Å². The van der Waals surface area contributed by atoms with Gasteiger partial charge in [0.2, 0.25) is 0 Å². The number of primary amides is 1. The van der Waals surface area contributed by atoms with Gasteiger partial charge in [-0.05, 0) is 67.8 Å². The van der Waals surface area contributed by atoms with Gasteiger partial charge in [0.25, 0.3) is 11.8 Å². The number of amides is 2. The van der Waals surface area contributed by atoms with E-state index in [2.05, 4.69) is 10.3 Å². The van der Waals surface area contributed by atoms with Gasteiger partial charge >= 0.3 is 0 Å². The number of benzene rings is 2. The van der Waals surface area contributed by atoms with E-state index in [1.807, 2.05) is 74.7 Å². The highest BCUT2D eigenvalue weighted by Gasteiger charge is 2.22. The quantitative estimate of drug-likeness (QED) is 0.301. The molecule has 0 atom stereocenters. The molecule has 0 radical (unpaired) electrons. The zero-order valence-corrected chi connectivity index (χ0v) is 20.9. The minimum Gasteiger partial charge on any atom is -0.365 e. The fourth-order valence-corrected chi connectivity index (χ4v) is 5.15. The Kier molecular flexibility index (Phi) is 6.08. The van der Waals surface area contributed by atoms with E-state index in [-0.39, 0.29) is 5.91 Å². The number of fused-ring (bicyclic) bond motifs is 1. The third kappa shape index (κ3) is 4.36. The lowest BCUT2D eigenvalue weighted by molar-refractivity contribution is 0.100. The largest absolute Gasteiger partial charge is 0.365 e. The molecule has 5 rings (SSSR count). The monoisotopic (exact) mass is 492 g/mol. The number of anilines is 1. The number of rotatable bonds is 5. The first-order chi connectivity index (χ1) is 17.3. The summed E-state index contributed by atoms with van der Waals surface area (Å²) in [4.78, 5) is 35.1. The lowest BCUT2D eigenvalue weighted by Crippen LogP contribution is -2.18. The van der Waals surface area contributed by atoms with Crippen LogP contribution in [0.5, 0.6) is 0 Å². The van der Waals surface area contributed by atoms with Crippen LogP contribution in [0.4, 0.5) is 5.00 Å². The number of nitrogens with one attached hydrogen (secondary N) is 1. The molecule has 6 nitrogen and oxygen atoms in total. The predicted molar refractivity (Wildman–Crippen MR) is 145 cm³/mol. The van der Waals surface area contributed by atoms with Crippen molar-refractivity contribution >= 4 is 39.1 Å². The smallest absolute Gasteiger partial charge is 0.257 e. The number of carbonyl (C=O) groups excluding carboxylic acids is 2. The van der Waals surface area contributed by atoms with E-state index in [1.165, 1.54) is 11.3 Å². The van der Waals surface area contributed by atoms with Gasteiger partial charge in [-0.2, -0.15) is 0 Å². The second-order valence-electron chi connectivity index (χ2n) is 8.79. The maximum absolute atomic E-state index is 13.6. The van der Waals surface area contributed by atoms with Crippen LogP contribution in [0, 0.1) is 20.8 Å². The second-order valence-corrected chi connectivity index (χ2v) is 9.67. The summed E-state index contributed by atoms with van der Waals surface area (Å²) < 4.78 is 0. The molecule has 3 N–H and O–H groups in total. The Balaban J connectivity index is 1.59. The summed E-state index contributed by atoms with van der Waals surface area (Å²) in [5.41, 5.74) is 13.6. The first-order valence-electron chi connectivity index (χ1n) is 11.4. The normalized spacial score (nSPS) is 11.0. The van der Waals surface area contributed by atoms with Crippen molar-refractivity contribution in [2.45, 2.75) is 20.8 Å². The van der Waals surface area contributed by atoms with Crippen molar-refractivity contribution in [1.29, 1.82) is 0 Å². The fraction of sp³-hybridized carbons (Fsp3) is 0.103. The summed E-state index contributed by atoms with van der Waals surface area (Å²) in [5, 5.41) is 5.95. The van der Waals surface area contributed by atoms with E-state index >= 15 is 0 Å². The number of thiophene rings is 1. The predicted octanol–water partition coefficient (Wildman–Crippen LogP) is 6.30. The van der Waals surface area contributed by atoms with Crippen molar-refractivity contribution in [3.8, 4) is 22.4 Å². The van der Waals surface area contributed by atoms with Gasteiger partial charge in [0.15, 0.2) is 0 Å². The molecule has 0 aliphatic rings. The highest BCUT2D eigenvalue weighted by molar-refractivity contribution is 7.15. The Hall–Kier alpha value is -4.36. The van der Waals surface area contributed by atoms with Crippen LogP contribution in [-0.4, -0.2) is 21.8 Å². The van der Waals surface area contributed by atoms with Gasteiger partial charge in [0, 0.05) is 34.3 Å². The van der Waals surface area contributed by atoms with Crippen molar-refractivity contribution in [1.82, 2.24) is 9.97 Å². The SMILES string of the molecule is Cc1ccc2nc(-c3cccnc3)cc(C(=O)Nc3scc(-c4ccc(C)c(C)c4)c3C(N)=O)c2c1. The minimum absolute atomic E-state index is 0.304. The zero-order valence-electron chi connectivity index (χ0n) is 20.1. The highest BCUT2D eigenvalue weighted by atomic mass is 32.1. The molecule has 0 fully saturated rings. The Labute approximate surface area is 212 Å². The standard InChI is InChI=1S/C29H24N4O2S/c1-16-6-9-24-21(11-16)22(13-25(32-24)20-5-4-10-31-14-20)28(35)33-29-26(27(30)34)23(15-36-29)19-8-7-17(2)18(3)12-19/h4-15H,1-3H3,(H2,30,34)(H,33,35). The van der Waals surface area contributed by atoms with Gasteiger partial charge < -0.3 is 11.1 Å². The average Bonchev–Trinajstić information content (AvgIpc) is 3.29. The van der Waals surface area contributed by atoms with E-state index in [1.54, 1.807) is 18.5 Å². The van der Waals surface area contributed by atoms with E-state index < -0.39 is 5.91 Å². The van der Waals surface area contributed by atoms with Crippen molar-refractivity contribution in [3.05, 3.63) is 100 Å². The lowest BCUT2D eigenvalue weighted by atomic mass is 9.99. The first-order valence-corrected chi connectivity index (χ1v) is 12.3. The Morgan fingerprint density at radius 3 is 2.50 bits per heavy atom. The van der Waals surface area contributed by atoms with E-state index in [0.29, 0.717) is 32.9 Å². The number of nitrogens with zero attached hydrogens (tertiary/aromatic N) is 2. The molecule has 178 valence electrons. The number of carbonyl (C=O) groups is 2. The van der Waals surface area contributed by atoms with E-state index in [9.17, 15) is 9.59 Å². The van der Waals surface area contributed by atoms with Crippen molar-refractivity contribution in [2.24, 2.45) is 5.73 Å². The lowest BCUT2D eigenvalue weighted by Gasteiger charge is -2.12. The minimum atomic E-state index is -0.591. The Morgan fingerprint density at radius 2 is 1.78 bits per heavy atom. The Morgan fingerprint density at radius 1 is 0.944 bits per heavy atom. The number of hydrogen-bond acceptors (Lipinski definition) is 5.